The second-order valence-electron chi connectivity index (χ2n) is 4.62. The minimum atomic E-state index is -0.573. The van der Waals surface area contributed by atoms with Crippen LogP contribution in [0.1, 0.15) is 34.1 Å². The fraction of sp³-hybridized carbons (Fsp3) is 0.750. The zero-order chi connectivity index (χ0) is 12.2. The van der Waals surface area contributed by atoms with E-state index in [-0.39, 0.29) is 5.97 Å². The molecule has 0 heterocycles. The summed E-state index contributed by atoms with van der Waals surface area (Å²) in [5.41, 5.74) is 1.92. The Labute approximate surface area is 93.1 Å². The van der Waals surface area contributed by atoms with Gasteiger partial charge in [0.1, 0.15) is 5.54 Å². The van der Waals surface area contributed by atoms with Crippen LogP contribution in [0.5, 0.6) is 0 Å². The van der Waals surface area contributed by atoms with E-state index in [0.29, 0.717) is 6.42 Å². The van der Waals surface area contributed by atoms with Gasteiger partial charge in [-0.1, -0.05) is 11.1 Å². The molecule has 15 heavy (non-hydrogen) atoms. The molecule has 3 nitrogen and oxygen atoms in total. The van der Waals surface area contributed by atoms with Gasteiger partial charge in [-0.2, -0.15) is 0 Å². The Hall–Kier alpha value is -0.830. The van der Waals surface area contributed by atoms with Crippen molar-refractivity contribution in [3.8, 4) is 0 Å². The Kier molecular flexibility index (Phi) is 5.01. The third-order valence-corrected chi connectivity index (χ3v) is 3.08. The number of hydrogen-bond donors (Lipinski definition) is 0. The van der Waals surface area contributed by atoms with Crippen LogP contribution in [0.3, 0.4) is 0 Å². The zero-order valence-electron chi connectivity index (χ0n) is 11.0. The van der Waals surface area contributed by atoms with Gasteiger partial charge >= 0.3 is 5.97 Å². The van der Waals surface area contributed by atoms with Gasteiger partial charge in [0, 0.05) is 0 Å². The minimum absolute atomic E-state index is 0.187. The number of hydrogen-bond acceptors (Lipinski definition) is 3. The van der Waals surface area contributed by atoms with Crippen molar-refractivity contribution in [1.82, 2.24) is 4.90 Å². The predicted octanol–water partition coefficient (Wildman–Crippen LogP) is 2.23. The lowest BCUT2D eigenvalue weighted by molar-refractivity contribution is -0.152. The molecule has 0 aromatic rings. The molecule has 0 rings (SSSR count). The van der Waals surface area contributed by atoms with Gasteiger partial charge in [-0.3, -0.25) is 9.69 Å². The summed E-state index contributed by atoms with van der Waals surface area (Å²) in [6.07, 6.45) is 0.703. The van der Waals surface area contributed by atoms with Crippen LogP contribution < -0.4 is 0 Å². The molecular weight excluding hydrogens is 190 g/mol. The van der Waals surface area contributed by atoms with Gasteiger partial charge in [0.25, 0.3) is 0 Å². The van der Waals surface area contributed by atoms with Gasteiger partial charge in [0.2, 0.25) is 0 Å². The summed E-state index contributed by atoms with van der Waals surface area (Å²) in [6, 6.07) is 0. The molecule has 0 spiro atoms. The standard InChI is InChI=1S/C12H23NO2/c1-9(2)10(3)8-12(4,13(5)6)11(14)15-7/h8H2,1-7H3. The lowest BCUT2D eigenvalue weighted by atomic mass is 9.90. The van der Waals surface area contributed by atoms with E-state index >= 15 is 0 Å². The maximum Gasteiger partial charge on any atom is 0.326 e. The highest BCUT2D eigenvalue weighted by Gasteiger charge is 2.36. The van der Waals surface area contributed by atoms with Crippen LogP contribution in [0.25, 0.3) is 0 Å². The molecule has 0 aromatic carbocycles. The number of carbonyl (C=O) groups excluding carboxylic acids is 1. The SMILES string of the molecule is COC(=O)C(C)(CC(C)=C(C)C)N(C)C. The third kappa shape index (κ3) is 3.34. The minimum Gasteiger partial charge on any atom is -0.468 e. The molecule has 0 aromatic heterocycles. The van der Waals surface area contributed by atoms with Crippen molar-refractivity contribution in [2.75, 3.05) is 21.2 Å². The second-order valence-corrected chi connectivity index (χ2v) is 4.62. The van der Waals surface area contributed by atoms with Crippen molar-refractivity contribution >= 4 is 5.97 Å². The quantitative estimate of drug-likeness (QED) is 0.530. The number of carbonyl (C=O) groups is 1. The number of likely N-dealkylation sites (N-methyl/N-ethyl adjacent to an activating group) is 1. The summed E-state index contributed by atoms with van der Waals surface area (Å²) in [5.74, 6) is -0.187. The molecule has 3 heteroatoms. The molecule has 0 aliphatic heterocycles. The highest BCUT2D eigenvalue weighted by molar-refractivity contribution is 5.80. The van der Waals surface area contributed by atoms with Gasteiger partial charge in [-0.05, 0) is 48.2 Å². The van der Waals surface area contributed by atoms with E-state index in [1.807, 2.05) is 25.9 Å². The first-order valence-electron chi connectivity index (χ1n) is 5.14. The number of nitrogens with zero attached hydrogens (tertiary/aromatic N) is 1. The van der Waals surface area contributed by atoms with Crippen LogP contribution in [0.15, 0.2) is 11.1 Å². The van der Waals surface area contributed by atoms with Crippen molar-refractivity contribution in [2.45, 2.75) is 39.7 Å². The Morgan fingerprint density at radius 3 is 2.00 bits per heavy atom. The zero-order valence-corrected chi connectivity index (χ0v) is 11.0. The molecule has 1 unspecified atom stereocenters. The maximum absolute atomic E-state index is 11.7. The highest BCUT2D eigenvalue weighted by atomic mass is 16.5. The van der Waals surface area contributed by atoms with E-state index in [4.69, 9.17) is 4.74 Å². The van der Waals surface area contributed by atoms with Crippen molar-refractivity contribution in [3.63, 3.8) is 0 Å². The van der Waals surface area contributed by atoms with Crippen molar-refractivity contribution in [2.24, 2.45) is 0 Å². The molecule has 0 fully saturated rings. The number of rotatable bonds is 4. The highest BCUT2D eigenvalue weighted by Crippen LogP contribution is 2.24. The largest absolute Gasteiger partial charge is 0.468 e. The van der Waals surface area contributed by atoms with Crippen molar-refractivity contribution < 1.29 is 9.53 Å². The van der Waals surface area contributed by atoms with E-state index in [2.05, 4.69) is 20.8 Å². The van der Waals surface area contributed by atoms with Crippen LogP contribution in [0.4, 0.5) is 0 Å². The summed E-state index contributed by atoms with van der Waals surface area (Å²) in [5, 5.41) is 0. The van der Waals surface area contributed by atoms with E-state index < -0.39 is 5.54 Å². The Morgan fingerprint density at radius 2 is 1.73 bits per heavy atom. The fourth-order valence-corrected chi connectivity index (χ4v) is 1.33. The Balaban J connectivity index is 4.99. The first-order chi connectivity index (χ1) is 6.75. The van der Waals surface area contributed by atoms with E-state index in [1.54, 1.807) is 0 Å². The normalized spacial score (nSPS) is 14.7. The third-order valence-electron chi connectivity index (χ3n) is 3.08. The van der Waals surface area contributed by atoms with E-state index in [0.717, 1.165) is 0 Å². The number of allylic oxidation sites excluding steroid dienone is 1. The lowest BCUT2D eigenvalue weighted by Crippen LogP contribution is -2.49. The van der Waals surface area contributed by atoms with Gasteiger partial charge in [0.15, 0.2) is 0 Å². The number of ether oxygens (including phenoxy) is 1. The smallest absolute Gasteiger partial charge is 0.326 e. The summed E-state index contributed by atoms with van der Waals surface area (Å²) in [6.45, 7) is 8.08. The van der Waals surface area contributed by atoms with Crippen LogP contribution in [-0.2, 0) is 9.53 Å². The monoisotopic (exact) mass is 213 g/mol. The molecule has 0 N–H and O–H groups in total. The maximum atomic E-state index is 11.7. The average Bonchev–Trinajstić information content (AvgIpc) is 2.15. The predicted molar refractivity (Wildman–Crippen MR) is 62.8 cm³/mol. The van der Waals surface area contributed by atoms with Gasteiger partial charge in [-0.15, -0.1) is 0 Å². The summed E-state index contributed by atoms with van der Waals surface area (Å²) < 4.78 is 4.85. The number of methoxy groups -OCH3 is 1. The topological polar surface area (TPSA) is 29.5 Å². The molecule has 0 aliphatic carbocycles. The number of esters is 1. The molecule has 88 valence electrons. The van der Waals surface area contributed by atoms with Crippen molar-refractivity contribution in [1.29, 1.82) is 0 Å². The molecule has 0 saturated heterocycles. The van der Waals surface area contributed by atoms with Crippen LogP contribution in [0, 0.1) is 0 Å². The van der Waals surface area contributed by atoms with Gasteiger partial charge in [0.05, 0.1) is 7.11 Å². The molecule has 1 atom stereocenters. The second kappa shape index (κ2) is 5.31. The first-order valence-corrected chi connectivity index (χ1v) is 5.14. The van der Waals surface area contributed by atoms with Gasteiger partial charge in [-0.25, -0.2) is 0 Å². The molecular formula is C12H23NO2. The molecule has 0 aliphatic rings. The summed E-state index contributed by atoms with van der Waals surface area (Å²) in [7, 11) is 5.23. The van der Waals surface area contributed by atoms with E-state index in [9.17, 15) is 4.79 Å². The molecule has 0 radical (unpaired) electrons. The molecule has 0 saturated carbocycles. The summed E-state index contributed by atoms with van der Waals surface area (Å²) in [4.78, 5) is 13.7. The van der Waals surface area contributed by atoms with Crippen LogP contribution in [0.2, 0.25) is 0 Å². The summed E-state index contributed by atoms with van der Waals surface area (Å²) >= 11 is 0. The van der Waals surface area contributed by atoms with Crippen molar-refractivity contribution in [3.05, 3.63) is 11.1 Å². The van der Waals surface area contributed by atoms with E-state index in [1.165, 1.54) is 18.3 Å². The fourth-order valence-electron chi connectivity index (χ4n) is 1.33. The Morgan fingerprint density at radius 1 is 1.27 bits per heavy atom. The lowest BCUT2D eigenvalue weighted by Gasteiger charge is -2.34. The Bertz CT molecular complexity index is 265. The first kappa shape index (κ1) is 14.2. The molecule has 0 amide bonds. The van der Waals surface area contributed by atoms with Gasteiger partial charge < -0.3 is 4.74 Å². The van der Waals surface area contributed by atoms with Crippen LogP contribution in [-0.4, -0.2) is 37.6 Å². The molecule has 0 bridgehead atoms. The van der Waals surface area contributed by atoms with Crippen LogP contribution >= 0.6 is 0 Å². The average molecular weight is 213 g/mol.